The highest BCUT2D eigenvalue weighted by atomic mass is 19.1. The molecule has 3 amide bonds. The molecular formula is C24H24FN3O3. The van der Waals surface area contributed by atoms with E-state index in [1.54, 1.807) is 54.6 Å². The fourth-order valence-corrected chi connectivity index (χ4v) is 2.81. The third kappa shape index (κ3) is 6.57. The average molecular weight is 421 g/mol. The predicted octanol–water partition coefficient (Wildman–Crippen LogP) is 5.33. The molecular weight excluding hydrogens is 397 g/mol. The number of hydrogen-bond acceptors (Lipinski definition) is 3. The molecule has 0 spiro atoms. The van der Waals surface area contributed by atoms with Gasteiger partial charge in [-0.15, -0.1) is 0 Å². The van der Waals surface area contributed by atoms with Crippen molar-refractivity contribution < 1.29 is 18.7 Å². The monoisotopic (exact) mass is 421 g/mol. The summed E-state index contributed by atoms with van der Waals surface area (Å²) in [7, 11) is 0. The summed E-state index contributed by atoms with van der Waals surface area (Å²) in [5.41, 5.74) is 1.33. The maximum absolute atomic E-state index is 14.4. The van der Waals surface area contributed by atoms with Gasteiger partial charge in [-0.1, -0.05) is 43.3 Å². The first-order chi connectivity index (χ1) is 15.0. The van der Waals surface area contributed by atoms with Crippen LogP contribution in [0.25, 0.3) is 0 Å². The Balaban J connectivity index is 1.62. The summed E-state index contributed by atoms with van der Waals surface area (Å²) in [4.78, 5) is 24.2. The van der Waals surface area contributed by atoms with Gasteiger partial charge >= 0.3 is 6.03 Å². The van der Waals surface area contributed by atoms with E-state index in [1.807, 2.05) is 13.0 Å². The first-order valence-electron chi connectivity index (χ1n) is 10.00. The molecule has 0 aliphatic carbocycles. The molecule has 0 aliphatic rings. The summed E-state index contributed by atoms with van der Waals surface area (Å²) < 4.78 is 20.1. The SMILES string of the molecule is CCCNC(=O)Nc1ccc(CC(=O)Nc2c(F)cccc2Oc2ccccc2)cc1. The molecule has 31 heavy (non-hydrogen) atoms. The lowest BCUT2D eigenvalue weighted by Crippen LogP contribution is -2.29. The van der Waals surface area contributed by atoms with Crippen molar-refractivity contribution in [3.05, 3.63) is 84.2 Å². The van der Waals surface area contributed by atoms with E-state index in [2.05, 4.69) is 16.0 Å². The van der Waals surface area contributed by atoms with Gasteiger partial charge in [-0.25, -0.2) is 9.18 Å². The van der Waals surface area contributed by atoms with Crippen molar-refractivity contribution in [3.8, 4) is 11.5 Å². The van der Waals surface area contributed by atoms with Gasteiger partial charge in [0, 0.05) is 12.2 Å². The maximum Gasteiger partial charge on any atom is 0.319 e. The summed E-state index contributed by atoms with van der Waals surface area (Å²) in [6, 6.07) is 19.9. The third-order valence-electron chi connectivity index (χ3n) is 4.32. The summed E-state index contributed by atoms with van der Waals surface area (Å²) in [5, 5.41) is 8.04. The van der Waals surface area contributed by atoms with Crippen molar-refractivity contribution >= 4 is 23.3 Å². The highest BCUT2D eigenvalue weighted by Crippen LogP contribution is 2.31. The van der Waals surface area contributed by atoms with Crippen LogP contribution in [-0.4, -0.2) is 18.5 Å². The van der Waals surface area contributed by atoms with Gasteiger partial charge < -0.3 is 20.7 Å². The molecule has 0 saturated carbocycles. The number of rotatable bonds is 8. The van der Waals surface area contributed by atoms with E-state index in [0.717, 1.165) is 12.0 Å². The minimum atomic E-state index is -0.584. The second-order valence-corrected chi connectivity index (χ2v) is 6.83. The quantitative estimate of drug-likeness (QED) is 0.460. The van der Waals surface area contributed by atoms with Crippen molar-refractivity contribution in [2.75, 3.05) is 17.2 Å². The number of para-hydroxylation sites is 2. The Morgan fingerprint density at radius 3 is 2.35 bits per heavy atom. The molecule has 160 valence electrons. The minimum absolute atomic E-state index is 0.0118. The summed E-state index contributed by atoms with van der Waals surface area (Å²) in [6.45, 7) is 2.56. The standard InChI is InChI=1S/C24H24FN3O3/c1-2-15-26-24(30)27-18-13-11-17(12-14-18)16-22(29)28-23-20(25)9-6-10-21(23)31-19-7-4-3-5-8-19/h3-14H,2,15-16H2,1H3,(H,28,29)(H2,26,27,30). The van der Waals surface area contributed by atoms with Gasteiger partial charge in [0.25, 0.3) is 0 Å². The number of carbonyl (C=O) groups is 2. The van der Waals surface area contributed by atoms with Gasteiger partial charge in [0.2, 0.25) is 5.91 Å². The Labute approximate surface area is 180 Å². The molecule has 0 atom stereocenters. The van der Waals surface area contributed by atoms with E-state index in [9.17, 15) is 14.0 Å². The number of amides is 3. The van der Waals surface area contributed by atoms with Crippen molar-refractivity contribution in [1.29, 1.82) is 0 Å². The molecule has 0 fully saturated rings. The number of nitrogens with one attached hydrogen (secondary N) is 3. The second-order valence-electron chi connectivity index (χ2n) is 6.83. The van der Waals surface area contributed by atoms with E-state index in [0.29, 0.717) is 18.0 Å². The highest BCUT2D eigenvalue weighted by molar-refractivity contribution is 5.94. The number of ether oxygens (including phenoxy) is 1. The van der Waals surface area contributed by atoms with Crippen LogP contribution in [0.1, 0.15) is 18.9 Å². The topological polar surface area (TPSA) is 79.5 Å². The van der Waals surface area contributed by atoms with E-state index in [4.69, 9.17) is 4.74 Å². The van der Waals surface area contributed by atoms with Gasteiger partial charge in [0.1, 0.15) is 11.4 Å². The van der Waals surface area contributed by atoms with Crippen LogP contribution in [0.15, 0.2) is 72.8 Å². The molecule has 3 aromatic rings. The third-order valence-corrected chi connectivity index (χ3v) is 4.32. The van der Waals surface area contributed by atoms with Crippen molar-refractivity contribution in [3.63, 3.8) is 0 Å². The van der Waals surface area contributed by atoms with Crippen LogP contribution in [-0.2, 0) is 11.2 Å². The van der Waals surface area contributed by atoms with Crippen LogP contribution in [0.2, 0.25) is 0 Å². The molecule has 3 aromatic carbocycles. The number of anilines is 2. The highest BCUT2D eigenvalue weighted by Gasteiger charge is 2.14. The Morgan fingerprint density at radius 2 is 1.65 bits per heavy atom. The zero-order valence-electron chi connectivity index (χ0n) is 17.2. The molecule has 0 aromatic heterocycles. The van der Waals surface area contributed by atoms with Crippen LogP contribution in [0.3, 0.4) is 0 Å². The Kier molecular flexibility index (Phi) is 7.59. The van der Waals surface area contributed by atoms with Crippen LogP contribution in [0, 0.1) is 5.82 Å². The average Bonchev–Trinajstić information content (AvgIpc) is 2.77. The Morgan fingerprint density at radius 1 is 0.903 bits per heavy atom. The molecule has 0 saturated heterocycles. The summed E-state index contributed by atoms with van der Waals surface area (Å²) >= 11 is 0. The van der Waals surface area contributed by atoms with Crippen LogP contribution in [0.4, 0.5) is 20.6 Å². The van der Waals surface area contributed by atoms with Crippen LogP contribution in [0.5, 0.6) is 11.5 Å². The first kappa shape index (κ1) is 21.8. The van der Waals surface area contributed by atoms with E-state index < -0.39 is 5.82 Å². The first-order valence-corrected chi connectivity index (χ1v) is 10.00. The Bertz CT molecular complexity index is 1020. The normalized spacial score (nSPS) is 10.3. The fraction of sp³-hybridized carbons (Fsp3) is 0.167. The summed E-state index contributed by atoms with van der Waals surface area (Å²) in [5.74, 6) is -0.212. The van der Waals surface area contributed by atoms with Crippen molar-refractivity contribution in [2.45, 2.75) is 19.8 Å². The van der Waals surface area contributed by atoms with Gasteiger partial charge in [0.05, 0.1) is 6.42 Å². The van der Waals surface area contributed by atoms with Gasteiger partial charge in [-0.05, 0) is 48.4 Å². The molecule has 0 bridgehead atoms. The van der Waals surface area contributed by atoms with Crippen molar-refractivity contribution in [2.24, 2.45) is 0 Å². The lowest BCUT2D eigenvalue weighted by Gasteiger charge is -2.13. The fourth-order valence-electron chi connectivity index (χ4n) is 2.81. The smallest absolute Gasteiger partial charge is 0.319 e. The molecule has 0 radical (unpaired) electrons. The van der Waals surface area contributed by atoms with E-state index in [1.165, 1.54) is 12.1 Å². The predicted molar refractivity (Wildman–Crippen MR) is 119 cm³/mol. The van der Waals surface area contributed by atoms with Crippen LogP contribution < -0.4 is 20.7 Å². The lowest BCUT2D eigenvalue weighted by molar-refractivity contribution is -0.115. The van der Waals surface area contributed by atoms with Crippen LogP contribution >= 0.6 is 0 Å². The number of halogens is 1. The summed E-state index contributed by atoms with van der Waals surface area (Å²) in [6.07, 6.45) is 0.892. The molecule has 0 unspecified atom stereocenters. The molecule has 7 heteroatoms. The molecule has 3 N–H and O–H groups in total. The van der Waals surface area contributed by atoms with E-state index in [-0.39, 0.29) is 29.8 Å². The van der Waals surface area contributed by atoms with Gasteiger partial charge in [-0.2, -0.15) is 0 Å². The zero-order chi connectivity index (χ0) is 22.1. The lowest BCUT2D eigenvalue weighted by atomic mass is 10.1. The van der Waals surface area contributed by atoms with E-state index >= 15 is 0 Å². The Hall–Kier alpha value is -3.87. The molecule has 0 heterocycles. The zero-order valence-corrected chi connectivity index (χ0v) is 17.2. The molecule has 3 rings (SSSR count). The number of hydrogen-bond donors (Lipinski definition) is 3. The number of benzene rings is 3. The maximum atomic E-state index is 14.4. The number of urea groups is 1. The minimum Gasteiger partial charge on any atom is -0.455 e. The second kappa shape index (κ2) is 10.8. The number of carbonyl (C=O) groups excluding carboxylic acids is 2. The largest absolute Gasteiger partial charge is 0.455 e. The van der Waals surface area contributed by atoms with Crippen molar-refractivity contribution in [1.82, 2.24) is 5.32 Å². The van der Waals surface area contributed by atoms with Gasteiger partial charge in [0.15, 0.2) is 11.6 Å². The van der Waals surface area contributed by atoms with Gasteiger partial charge in [-0.3, -0.25) is 4.79 Å². The molecule has 0 aliphatic heterocycles. The molecule has 6 nitrogen and oxygen atoms in total.